The molecule has 0 aromatic heterocycles. The molecule has 0 spiro atoms. The Morgan fingerprint density at radius 3 is 1.69 bits per heavy atom. The topological polar surface area (TPSA) is 132 Å². The van der Waals surface area contributed by atoms with Crippen LogP contribution in [0.15, 0.2) is 0 Å². The molecule has 0 rings (SSSR count). The van der Waals surface area contributed by atoms with Gasteiger partial charge in [0.1, 0.15) is 0 Å². The number of hydrogen-bond acceptors (Lipinski definition) is 3. The number of carboxylic acid groups (broad SMARTS) is 2. The minimum absolute atomic E-state index is 0. The second-order valence-corrected chi connectivity index (χ2v) is 3.84. The monoisotopic (exact) mass is 238 g/mol. The molecule has 0 amide bonds. The molecule has 1 atom stereocenters. The van der Waals surface area contributed by atoms with E-state index < -0.39 is 31.6 Å². The maximum atomic E-state index is 10.4. The standard InChI is InChI=1S/C4H7O7P.Ca/c5-3(6)1-2(4(7)8)12(9,10)11;/h2H,1H2,(H,5,6)(H,7,8)(H2,9,10,11);. The molecule has 0 saturated carbocycles. The molecule has 72 valence electrons. The SMILES string of the molecule is O=C(O)CC(C(=O)O)P(=O)(O)O.[Ca]. The van der Waals surface area contributed by atoms with Crippen molar-refractivity contribution >= 4 is 57.3 Å². The van der Waals surface area contributed by atoms with Gasteiger partial charge in [-0.3, -0.25) is 14.2 Å². The van der Waals surface area contributed by atoms with Crippen molar-refractivity contribution < 1.29 is 34.2 Å². The van der Waals surface area contributed by atoms with Crippen LogP contribution in [-0.2, 0) is 14.2 Å². The first-order valence-electron chi connectivity index (χ1n) is 2.75. The molecule has 0 aliphatic carbocycles. The molecule has 0 aliphatic rings. The summed E-state index contributed by atoms with van der Waals surface area (Å²) >= 11 is 0. The van der Waals surface area contributed by atoms with Crippen LogP contribution < -0.4 is 0 Å². The summed E-state index contributed by atoms with van der Waals surface area (Å²) in [5.74, 6) is -3.38. The van der Waals surface area contributed by atoms with Gasteiger partial charge in [0.25, 0.3) is 0 Å². The average Bonchev–Trinajstić information content (AvgIpc) is 1.79. The maximum absolute atomic E-state index is 10.4. The van der Waals surface area contributed by atoms with Crippen LogP contribution >= 0.6 is 7.60 Å². The summed E-state index contributed by atoms with van der Waals surface area (Å²) in [6, 6.07) is 0. The van der Waals surface area contributed by atoms with Gasteiger partial charge in [-0.2, -0.15) is 0 Å². The molecule has 0 aliphatic heterocycles. The van der Waals surface area contributed by atoms with Crippen LogP contribution in [0.3, 0.4) is 0 Å². The first kappa shape index (κ1) is 15.8. The zero-order valence-corrected chi connectivity index (χ0v) is 9.56. The van der Waals surface area contributed by atoms with Gasteiger partial charge in [-0.05, 0) is 0 Å². The first-order valence-corrected chi connectivity index (χ1v) is 4.43. The fraction of sp³-hybridized carbons (Fsp3) is 0.500. The van der Waals surface area contributed by atoms with Gasteiger partial charge in [0.15, 0.2) is 5.66 Å². The molecule has 7 nitrogen and oxygen atoms in total. The van der Waals surface area contributed by atoms with Gasteiger partial charge < -0.3 is 20.0 Å². The summed E-state index contributed by atoms with van der Waals surface area (Å²) in [5.41, 5.74) is -2.16. The van der Waals surface area contributed by atoms with E-state index in [9.17, 15) is 14.2 Å². The number of hydrogen-bond donors (Lipinski definition) is 4. The third kappa shape index (κ3) is 6.42. The quantitative estimate of drug-likeness (QED) is 0.354. The van der Waals surface area contributed by atoms with Crippen LogP contribution in [0.25, 0.3) is 0 Å². The summed E-state index contributed by atoms with van der Waals surface area (Å²) in [7, 11) is -4.87. The Hall–Kier alpha value is 0.350. The van der Waals surface area contributed by atoms with Gasteiger partial charge in [0, 0.05) is 37.7 Å². The number of aliphatic carboxylic acids is 2. The van der Waals surface area contributed by atoms with Crippen molar-refractivity contribution in [2.45, 2.75) is 12.1 Å². The van der Waals surface area contributed by atoms with E-state index in [1.807, 2.05) is 0 Å². The van der Waals surface area contributed by atoms with Crippen LogP contribution in [0.1, 0.15) is 6.42 Å². The summed E-state index contributed by atoms with van der Waals surface area (Å²) in [5, 5.41) is 16.3. The van der Waals surface area contributed by atoms with E-state index in [0.717, 1.165) is 0 Å². The van der Waals surface area contributed by atoms with Gasteiger partial charge in [-0.25, -0.2) is 0 Å². The minimum atomic E-state index is -4.87. The third-order valence-electron chi connectivity index (χ3n) is 1.06. The molecule has 0 heterocycles. The number of carboxylic acids is 2. The van der Waals surface area contributed by atoms with Crippen LogP contribution in [-0.4, -0.2) is 75.3 Å². The third-order valence-corrected chi connectivity index (χ3v) is 2.27. The van der Waals surface area contributed by atoms with E-state index >= 15 is 0 Å². The second-order valence-electron chi connectivity index (χ2n) is 2.04. The Morgan fingerprint density at radius 2 is 1.62 bits per heavy atom. The van der Waals surface area contributed by atoms with Crippen LogP contribution in [0.5, 0.6) is 0 Å². The summed E-state index contributed by atoms with van der Waals surface area (Å²) < 4.78 is 10.4. The molecule has 0 saturated heterocycles. The van der Waals surface area contributed by atoms with Crippen molar-refractivity contribution in [1.82, 2.24) is 0 Å². The molecule has 4 N–H and O–H groups in total. The van der Waals surface area contributed by atoms with Crippen molar-refractivity contribution in [2.75, 3.05) is 0 Å². The van der Waals surface area contributed by atoms with E-state index in [1.54, 1.807) is 0 Å². The molecule has 13 heavy (non-hydrogen) atoms. The molecule has 1 unspecified atom stereocenters. The number of rotatable bonds is 4. The van der Waals surface area contributed by atoms with Gasteiger partial charge in [-0.1, -0.05) is 0 Å². The number of carbonyl (C=O) groups is 2. The summed E-state index contributed by atoms with van der Waals surface area (Å²) in [4.78, 5) is 36.8. The molecule has 2 radical (unpaired) electrons. The van der Waals surface area contributed by atoms with Crippen LogP contribution in [0.4, 0.5) is 0 Å². The van der Waals surface area contributed by atoms with Crippen molar-refractivity contribution in [2.24, 2.45) is 0 Å². The van der Waals surface area contributed by atoms with E-state index in [4.69, 9.17) is 20.0 Å². The predicted octanol–water partition coefficient (Wildman–Crippen LogP) is -1.29. The van der Waals surface area contributed by atoms with E-state index in [-0.39, 0.29) is 37.7 Å². The molecule has 9 heteroatoms. The molecule has 0 bridgehead atoms. The maximum Gasteiger partial charge on any atom is 0.340 e. The average molecular weight is 238 g/mol. The Morgan fingerprint density at radius 1 is 1.23 bits per heavy atom. The van der Waals surface area contributed by atoms with Crippen molar-refractivity contribution in [1.29, 1.82) is 0 Å². The molecular weight excluding hydrogens is 231 g/mol. The molecule has 0 aromatic rings. The fourth-order valence-electron chi connectivity index (χ4n) is 0.515. The Bertz CT molecular complexity index is 245. The minimum Gasteiger partial charge on any atom is -0.481 e. The smallest absolute Gasteiger partial charge is 0.340 e. The molecular formula is C4H7CaO7P. The van der Waals surface area contributed by atoms with Crippen molar-refractivity contribution in [3.8, 4) is 0 Å². The Labute approximate surface area is 103 Å². The van der Waals surface area contributed by atoms with E-state index in [0.29, 0.717) is 0 Å². The Balaban J connectivity index is 0. The van der Waals surface area contributed by atoms with Crippen molar-refractivity contribution in [3.05, 3.63) is 0 Å². The zero-order chi connectivity index (χ0) is 9.94. The van der Waals surface area contributed by atoms with E-state index in [1.165, 1.54) is 0 Å². The predicted molar refractivity (Wildman–Crippen MR) is 41.5 cm³/mol. The molecule has 0 aromatic carbocycles. The summed E-state index contributed by atoms with van der Waals surface area (Å²) in [6.45, 7) is 0. The fourth-order valence-corrected chi connectivity index (χ4v) is 1.20. The largest absolute Gasteiger partial charge is 0.481 e. The molecule has 0 fully saturated rings. The van der Waals surface area contributed by atoms with Gasteiger partial charge in [0.2, 0.25) is 0 Å². The van der Waals surface area contributed by atoms with E-state index in [2.05, 4.69) is 0 Å². The first-order chi connectivity index (χ1) is 5.25. The summed E-state index contributed by atoms with van der Waals surface area (Å²) in [6.07, 6.45) is -1.08. The van der Waals surface area contributed by atoms with Gasteiger partial charge >= 0.3 is 19.5 Å². The second kappa shape index (κ2) is 5.95. The normalized spacial score (nSPS) is 12.8. The van der Waals surface area contributed by atoms with Crippen LogP contribution in [0.2, 0.25) is 0 Å². The van der Waals surface area contributed by atoms with Gasteiger partial charge in [-0.15, -0.1) is 0 Å². The zero-order valence-electron chi connectivity index (χ0n) is 6.45. The van der Waals surface area contributed by atoms with Crippen molar-refractivity contribution in [3.63, 3.8) is 0 Å². The Kier molecular flexibility index (Phi) is 7.24. The van der Waals surface area contributed by atoms with Crippen LogP contribution in [0, 0.1) is 0 Å². The van der Waals surface area contributed by atoms with Gasteiger partial charge in [0.05, 0.1) is 6.42 Å².